The number of H-pyrrole nitrogens is 1. The standard InChI is InChI=1S/C22H31N3O3/c1-15-7-5-6-8-16(15)11-20-23-19-9-10-25(13-18(19)21(27)24-20)12-17(26)14-28-22(2,3)4/h5-8,17,26H,9-14H2,1-4H3,(H,23,24,27)/p+1/t17-/m1/s1. The third-order valence-corrected chi connectivity index (χ3v) is 5.14. The fraction of sp³-hybridized carbons (Fsp3) is 0.545. The van der Waals surface area contributed by atoms with Crippen LogP contribution in [0.15, 0.2) is 29.1 Å². The van der Waals surface area contributed by atoms with Crippen LogP contribution < -0.4 is 10.5 Å². The minimum Gasteiger partial charge on any atom is -0.385 e. The van der Waals surface area contributed by atoms with E-state index in [-0.39, 0.29) is 11.2 Å². The summed E-state index contributed by atoms with van der Waals surface area (Å²) in [4.78, 5) is 21.5. The molecule has 0 bridgehead atoms. The van der Waals surface area contributed by atoms with Gasteiger partial charge in [0, 0.05) is 12.8 Å². The van der Waals surface area contributed by atoms with E-state index in [0.717, 1.165) is 30.0 Å². The molecular formula is C22H32N3O3+. The summed E-state index contributed by atoms with van der Waals surface area (Å²) in [7, 11) is 0. The lowest BCUT2D eigenvalue weighted by Gasteiger charge is -2.28. The maximum absolute atomic E-state index is 12.7. The van der Waals surface area contributed by atoms with Crippen molar-refractivity contribution in [1.82, 2.24) is 9.97 Å². The second-order valence-corrected chi connectivity index (χ2v) is 8.75. The van der Waals surface area contributed by atoms with Crippen LogP contribution in [-0.2, 0) is 24.1 Å². The van der Waals surface area contributed by atoms with E-state index in [1.807, 2.05) is 32.9 Å². The summed E-state index contributed by atoms with van der Waals surface area (Å²) >= 11 is 0. The molecule has 0 fully saturated rings. The number of aliphatic hydroxyl groups is 1. The molecule has 0 saturated carbocycles. The Morgan fingerprint density at radius 2 is 2.07 bits per heavy atom. The van der Waals surface area contributed by atoms with Crippen LogP contribution in [0.5, 0.6) is 0 Å². The summed E-state index contributed by atoms with van der Waals surface area (Å²) < 4.78 is 5.66. The second kappa shape index (κ2) is 8.55. The molecule has 0 spiro atoms. The lowest BCUT2D eigenvalue weighted by Crippen LogP contribution is -3.13. The molecule has 6 nitrogen and oxygen atoms in total. The molecular weight excluding hydrogens is 354 g/mol. The van der Waals surface area contributed by atoms with Crippen molar-refractivity contribution in [2.24, 2.45) is 0 Å². The minimum absolute atomic E-state index is 0.0498. The number of hydrogen-bond donors (Lipinski definition) is 3. The molecule has 2 atom stereocenters. The molecule has 0 aliphatic carbocycles. The number of benzene rings is 1. The van der Waals surface area contributed by atoms with Gasteiger partial charge < -0.3 is 19.7 Å². The molecule has 1 aromatic heterocycles. The van der Waals surface area contributed by atoms with Gasteiger partial charge in [0.15, 0.2) is 0 Å². The number of hydrogen-bond acceptors (Lipinski definition) is 4. The quantitative estimate of drug-likeness (QED) is 0.686. The van der Waals surface area contributed by atoms with Crippen molar-refractivity contribution in [3.05, 3.63) is 62.8 Å². The van der Waals surface area contributed by atoms with Gasteiger partial charge in [-0.15, -0.1) is 0 Å². The Morgan fingerprint density at radius 1 is 1.32 bits per heavy atom. The van der Waals surface area contributed by atoms with Gasteiger partial charge in [-0.3, -0.25) is 4.79 Å². The average molecular weight is 387 g/mol. The summed E-state index contributed by atoms with van der Waals surface area (Å²) in [5.41, 5.74) is 3.71. The molecule has 1 aliphatic rings. The van der Waals surface area contributed by atoms with E-state index >= 15 is 0 Å². The zero-order valence-corrected chi connectivity index (χ0v) is 17.3. The predicted octanol–water partition coefficient (Wildman–Crippen LogP) is 0.786. The van der Waals surface area contributed by atoms with E-state index in [1.54, 1.807) is 0 Å². The molecule has 152 valence electrons. The lowest BCUT2D eigenvalue weighted by atomic mass is 10.0. The number of aryl methyl sites for hydroxylation is 1. The maximum atomic E-state index is 12.7. The third-order valence-electron chi connectivity index (χ3n) is 5.14. The van der Waals surface area contributed by atoms with Crippen LogP contribution in [0.4, 0.5) is 0 Å². The molecule has 1 unspecified atom stereocenters. The van der Waals surface area contributed by atoms with Gasteiger partial charge in [-0.05, 0) is 38.8 Å². The third kappa shape index (κ3) is 5.50. The van der Waals surface area contributed by atoms with Crippen molar-refractivity contribution in [3.63, 3.8) is 0 Å². The van der Waals surface area contributed by atoms with Gasteiger partial charge in [0.1, 0.15) is 25.0 Å². The summed E-state index contributed by atoms with van der Waals surface area (Å²) in [6.45, 7) is 10.3. The number of fused-ring (bicyclic) bond motifs is 1. The number of rotatable bonds is 6. The number of nitrogens with zero attached hydrogens (tertiary/aromatic N) is 1. The molecule has 0 amide bonds. The van der Waals surface area contributed by atoms with Crippen LogP contribution in [0.3, 0.4) is 0 Å². The number of ether oxygens (including phenoxy) is 1. The zero-order valence-electron chi connectivity index (χ0n) is 17.3. The van der Waals surface area contributed by atoms with E-state index in [1.165, 1.54) is 16.0 Å². The SMILES string of the molecule is Cc1ccccc1Cc1nc2c(c(=O)[nH]1)C[NH+](C[C@@H](O)COC(C)(C)C)CC2. The topological polar surface area (TPSA) is 79.7 Å². The first-order chi connectivity index (χ1) is 13.2. The molecule has 2 heterocycles. The number of nitrogens with one attached hydrogen (secondary N) is 2. The molecule has 3 rings (SSSR count). The number of aromatic amines is 1. The van der Waals surface area contributed by atoms with Crippen LogP contribution in [-0.4, -0.2) is 46.5 Å². The molecule has 0 saturated heterocycles. The van der Waals surface area contributed by atoms with Crippen LogP contribution in [0.25, 0.3) is 0 Å². The highest BCUT2D eigenvalue weighted by Crippen LogP contribution is 2.12. The van der Waals surface area contributed by atoms with Gasteiger partial charge in [0.2, 0.25) is 0 Å². The highest BCUT2D eigenvalue weighted by atomic mass is 16.5. The smallest absolute Gasteiger partial charge is 0.260 e. The first-order valence-electron chi connectivity index (χ1n) is 10.0. The van der Waals surface area contributed by atoms with Crippen molar-refractivity contribution in [2.75, 3.05) is 19.7 Å². The molecule has 0 radical (unpaired) electrons. The Labute approximate surface area is 166 Å². The number of quaternary nitrogens is 1. The summed E-state index contributed by atoms with van der Waals surface area (Å²) in [5.74, 6) is 0.722. The normalized spacial score (nSPS) is 18.0. The highest BCUT2D eigenvalue weighted by molar-refractivity contribution is 5.29. The van der Waals surface area contributed by atoms with Crippen molar-refractivity contribution in [1.29, 1.82) is 0 Å². The Hall–Kier alpha value is -2.02. The van der Waals surface area contributed by atoms with E-state index in [4.69, 9.17) is 9.72 Å². The van der Waals surface area contributed by atoms with Gasteiger partial charge in [0.05, 0.1) is 30.0 Å². The van der Waals surface area contributed by atoms with Crippen LogP contribution >= 0.6 is 0 Å². The van der Waals surface area contributed by atoms with Gasteiger partial charge >= 0.3 is 0 Å². The second-order valence-electron chi connectivity index (χ2n) is 8.75. The Morgan fingerprint density at radius 3 is 2.79 bits per heavy atom. The van der Waals surface area contributed by atoms with Gasteiger partial charge in [-0.1, -0.05) is 24.3 Å². The van der Waals surface area contributed by atoms with E-state index in [2.05, 4.69) is 24.0 Å². The molecule has 1 aliphatic heterocycles. The maximum Gasteiger partial charge on any atom is 0.260 e. The van der Waals surface area contributed by atoms with Crippen molar-refractivity contribution in [2.45, 2.75) is 58.8 Å². The van der Waals surface area contributed by atoms with Crippen LogP contribution in [0, 0.1) is 6.92 Å². The summed E-state index contributed by atoms with van der Waals surface area (Å²) in [6, 6.07) is 8.17. The van der Waals surface area contributed by atoms with Crippen LogP contribution in [0.1, 0.15) is 49.0 Å². The predicted molar refractivity (Wildman–Crippen MR) is 109 cm³/mol. The van der Waals surface area contributed by atoms with Crippen molar-refractivity contribution < 1.29 is 14.7 Å². The lowest BCUT2D eigenvalue weighted by molar-refractivity contribution is -0.919. The highest BCUT2D eigenvalue weighted by Gasteiger charge is 2.26. The first-order valence-corrected chi connectivity index (χ1v) is 10.0. The van der Waals surface area contributed by atoms with E-state index in [0.29, 0.717) is 26.1 Å². The Balaban J connectivity index is 1.66. The molecule has 1 aromatic carbocycles. The molecule has 28 heavy (non-hydrogen) atoms. The van der Waals surface area contributed by atoms with E-state index in [9.17, 15) is 9.90 Å². The fourth-order valence-corrected chi connectivity index (χ4v) is 3.60. The molecule has 2 aromatic rings. The fourth-order valence-electron chi connectivity index (χ4n) is 3.60. The number of aliphatic hydroxyl groups excluding tert-OH is 1. The average Bonchev–Trinajstić information content (AvgIpc) is 2.62. The minimum atomic E-state index is -0.539. The summed E-state index contributed by atoms with van der Waals surface area (Å²) in [6.07, 6.45) is 0.847. The monoisotopic (exact) mass is 386 g/mol. The van der Waals surface area contributed by atoms with Gasteiger partial charge in [0.25, 0.3) is 5.56 Å². The van der Waals surface area contributed by atoms with Crippen molar-refractivity contribution >= 4 is 0 Å². The Kier molecular flexibility index (Phi) is 6.33. The van der Waals surface area contributed by atoms with Crippen molar-refractivity contribution in [3.8, 4) is 0 Å². The molecule has 3 N–H and O–H groups in total. The number of aromatic nitrogens is 2. The largest absolute Gasteiger partial charge is 0.385 e. The zero-order chi connectivity index (χ0) is 20.3. The van der Waals surface area contributed by atoms with Gasteiger partial charge in [-0.25, -0.2) is 4.98 Å². The van der Waals surface area contributed by atoms with E-state index < -0.39 is 6.10 Å². The first kappa shape index (κ1) is 20.7. The van der Waals surface area contributed by atoms with Gasteiger partial charge in [-0.2, -0.15) is 0 Å². The Bertz CT molecular complexity index is 870. The summed E-state index contributed by atoms with van der Waals surface area (Å²) in [5, 5.41) is 10.3. The van der Waals surface area contributed by atoms with Crippen LogP contribution in [0.2, 0.25) is 0 Å². The molecule has 6 heteroatoms.